The van der Waals surface area contributed by atoms with Crippen molar-refractivity contribution in [1.29, 1.82) is 0 Å². The van der Waals surface area contributed by atoms with Crippen molar-refractivity contribution < 1.29 is 23.5 Å². The maximum Gasteiger partial charge on any atom is 0.265 e. The molecule has 2 amide bonds. The largest absolute Gasteiger partial charge is 0.482 e. The molecule has 1 saturated carbocycles. The van der Waals surface area contributed by atoms with Crippen LogP contribution >= 0.6 is 0 Å². The highest BCUT2D eigenvalue weighted by Gasteiger charge is 2.42. The number of rotatable bonds is 8. The summed E-state index contributed by atoms with van der Waals surface area (Å²) in [5.41, 5.74) is 4.39. The minimum absolute atomic E-state index is 0.0212. The van der Waals surface area contributed by atoms with E-state index < -0.39 is 0 Å². The third kappa shape index (κ3) is 4.75. The van der Waals surface area contributed by atoms with Crippen molar-refractivity contribution in [3.63, 3.8) is 0 Å². The molecule has 41 heavy (non-hydrogen) atoms. The minimum Gasteiger partial charge on any atom is -0.482 e. The number of anilines is 2. The zero-order valence-corrected chi connectivity index (χ0v) is 23.3. The van der Waals surface area contributed by atoms with Gasteiger partial charge in [-0.1, -0.05) is 36.4 Å². The maximum absolute atomic E-state index is 14.5. The molecule has 1 N–H and O–H groups in total. The number of ether oxygens (including phenoxy) is 2. The smallest absolute Gasteiger partial charge is 0.265 e. The quantitative estimate of drug-likeness (QED) is 0.301. The van der Waals surface area contributed by atoms with E-state index in [9.17, 15) is 9.59 Å². The molecule has 212 valence electrons. The van der Waals surface area contributed by atoms with E-state index in [1.165, 1.54) is 0 Å². The highest BCUT2D eigenvalue weighted by molar-refractivity contribution is 6.06. The second-order valence-electron chi connectivity index (χ2n) is 11.3. The number of furan rings is 1. The van der Waals surface area contributed by atoms with Crippen molar-refractivity contribution in [3.05, 3.63) is 66.2 Å². The molecule has 3 aromatic carbocycles. The summed E-state index contributed by atoms with van der Waals surface area (Å²) in [4.78, 5) is 31.1. The van der Waals surface area contributed by atoms with Crippen molar-refractivity contribution in [2.45, 2.75) is 37.6 Å². The van der Waals surface area contributed by atoms with Gasteiger partial charge in [0.15, 0.2) is 6.61 Å². The summed E-state index contributed by atoms with van der Waals surface area (Å²) in [5, 5.41) is 5.68. The number of carbonyl (C=O) groups is 2. The van der Waals surface area contributed by atoms with Crippen molar-refractivity contribution >= 4 is 45.1 Å². The van der Waals surface area contributed by atoms with Crippen LogP contribution in [0, 0.1) is 5.92 Å². The average Bonchev–Trinajstić information content (AvgIpc) is 3.77. The van der Waals surface area contributed by atoms with E-state index in [2.05, 4.69) is 29.6 Å². The lowest BCUT2D eigenvalue weighted by Crippen LogP contribution is -2.47. The standard InChI is InChI=1S/C33H35N3O5/c1-39-17-5-16-35-28-18-22(12-13-30(28)40-20-31(35)37)36(21-10-11-21)33(38)27-19-34-15-14-23(27)25-7-4-8-26-24-6-2-3-9-29(24)41-32(25)26/h2-4,6-9,12-13,18,21,23,27,34H,5,10-11,14-17,19-20H2,1H3/t23-,27+/m1/s1. The summed E-state index contributed by atoms with van der Waals surface area (Å²) in [6, 6.07) is 20.4. The van der Waals surface area contributed by atoms with Gasteiger partial charge in [-0.05, 0) is 62.1 Å². The van der Waals surface area contributed by atoms with Gasteiger partial charge in [0.05, 0.1) is 11.6 Å². The van der Waals surface area contributed by atoms with Crippen LogP contribution in [-0.2, 0) is 14.3 Å². The van der Waals surface area contributed by atoms with E-state index >= 15 is 0 Å². The molecular weight excluding hydrogens is 518 g/mol. The lowest BCUT2D eigenvalue weighted by atomic mass is 9.79. The molecule has 1 aliphatic carbocycles. The molecule has 8 nitrogen and oxygen atoms in total. The number of fused-ring (bicyclic) bond motifs is 4. The number of hydrogen-bond acceptors (Lipinski definition) is 6. The predicted molar refractivity (Wildman–Crippen MR) is 159 cm³/mol. The first kappa shape index (κ1) is 26.0. The number of nitrogens with zero attached hydrogens (tertiary/aromatic N) is 2. The number of methoxy groups -OCH3 is 1. The second kappa shape index (κ2) is 10.8. The molecule has 0 bridgehead atoms. The topological polar surface area (TPSA) is 84.2 Å². The van der Waals surface area contributed by atoms with Crippen molar-refractivity contribution in [3.8, 4) is 5.75 Å². The molecule has 1 saturated heterocycles. The molecule has 0 spiro atoms. The minimum atomic E-state index is -0.241. The predicted octanol–water partition coefficient (Wildman–Crippen LogP) is 5.24. The Morgan fingerprint density at radius 2 is 1.93 bits per heavy atom. The Morgan fingerprint density at radius 3 is 2.78 bits per heavy atom. The lowest BCUT2D eigenvalue weighted by Gasteiger charge is -2.36. The van der Waals surface area contributed by atoms with Crippen LogP contribution in [0.15, 0.2) is 65.1 Å². The van der Waals surface area contributed by atoms with Gasteiger partial charge in [-0.3, -0.25) is 9.59 Å². The molecule has 7 rings (SSSR count). The van der Waals surface area contributed by atoms with Crippen LogP contribution in [0.4, 0.5) is 11.4 Å². The first-order chi connectivity index (χ1) is 20.1. The first-order valence-corrected chi connectivity index (χ1v) is 14.6. The van der Waals surface area contributed by atoms with E-state index in [1.807, 2.05) is 41.3 Å². The molecule has 1 aromatic heterocycles. The van der Waals surface area contributed by atoms with Gasteiger partial charge in [-0.25, -0.2) is 0 Å². The van der Waals surface area contributed by atoms with Crippen LogP contribution in [0.25, 0.3) is 21.9 Å². The number of amides is 2. The summed E-state index contributed by atoms with van der Waals surface area (Å²) < 4.78 is 17.4. The van der Waals surface area contributed by atoms with Gasteiger partial charge in [0, 0.05) is 55.2 Å². The average molecular weight is 554 g/mol. The molecular formula is C33H35N3O5. The zero-order valence-electron chi connectivity index (χ0n) is 23.3. The molecule has 4 aromatic rings. The van der Waals surface area contributed by atoms with E-state index in [-0.39, 0.29) is 36.3 Å². The molecule has 2 fully saturated rings. The fourth-order valence-corrected chi connectivity index (χ4v) is 6.53. The van der Waals surface area contributed by atoms with Gasteiger partial charge >= 0.3 is 0 Å². The molecule has 8 heteroatoms. The highest BCUT2D eigenvalue weighted by atomic mass is 16.5. The van der Waals surface area contributed by atoms with Crippen molar-refractivity contribution in [2.24, 2.45) is 5.92 Å². The molecule has 3 heterocycles. The summed E-state index contributed by atoms with van der Waals surface area (Å²) in [7, 11) is 1.66. The Bertz CT molecular complexity index is 1610. The zero-order chi connectivity index (χ0) is 27.9. The summed E-state index contributed by atoms with van der Waals surface area (Å²) in [6.45, 7) is 2.59. The number of piperidine rings is 1. The SMILES string of the molecule is COCCCN1C(=O)COc2ccc(N(C(=O)[C@H]3CNCC[C@@H]3c3cccc4c3oc3ccccc34)C3CC3)cc21. The number of benzene rings is 3. The Balaban J connectivity index is 1.24. The molecule has 2 aliphatic heterocycles. The molecule has 2 atom stereocenters. The fourth-order valence-electron chi connectivity index (χ4n) is 6.53. The van der Waals surface area contributed by atoms with Crippen LogP contribution in [0.1, 0.15) is 37.2 Å². The van der Waals surface area contributed by atoms with Crippen LogP contribution in [0.2, 0.25) is 0 Å². The van der Waals surface area contributed by atoms with Crippen LogP contribution in [-0.4, -0.2) is 57.8 Å². The Kier molecular flexibility index (Phi) is 6.88. The molecule has 0 radical (unpaired) electrons. The van der Waals surface area contributed by atoms with Gasteiger partial charge in [0.2, 0.25) is 5.91 Å². The number of para-hydroxylation sites is 2. The van der Waals surface area contributed by atoms with E-state index in [0.717, 1.165) is 71.1 Å². The Labute approximate surface area is 239 Å². The summed E-state index contributed by atoms with van der Waals surface area (Å²) in [6.07, 6.45) is 3.52. The first-order valence-electron chi connectivity index (χ1n) is 14.6. The van der Waals surface area contributed by atoms with Crippen LogP contribution < -0.4 is 19.9 Å². The number of hydrogen-bond donors (Lipinski definition) is 1. The van der Waals surface area contributed by atoms with Gasteiger partial charge in [0.25, 0.3) is 5.91 Å². The summed E-state index contributed by atoms with van der Waals surface area (Å²) in [5.74, 6) is 0.497. The normalized spacial score (nSPS) is 20.7. The fraction of sp³-hybridized carbons (Fsp3) is 0.394. The van der Waals surface area contributed by atoms with E-state index in [1.54, 1.807) is 12.0 Å². The monoisotopic (exact) mass is 553 g/mol. The van der Waals surface area contributed by atoms with E-state index in [0.29, 0.717) is 25.4 Å². The third-order valence-corrected chi connectivity index (χ3v) is 8.68. The van der Waals surface area contributed by atoms with Crippen LogP contribution in [0.5, 0.6) is 5.75 Å². The van der Waals surface area contributed by atoms with Gasteiger partial charge in [-0.15, -0.1) is 0 Å². The maximum atomic E-state index is 14.5. The second-order valence-corrected chi connectivity index (χ2v) is 11.3. The van der Waals surface area contributed by atoms with Crippen molar-refractivity contribution in [2.75, 3.05) is 49.8 Å². The van der Waals surface area contributed by atoms with Crippen molar-refractivity contribution in [1.82, 2.24) is 5.32 Å². The van der Waals surface area contributed by atoms with Gasteiger partial charge < -0.3 is 29.0 Å². The third-order valence-electron chi connectivity index (χ3n) is 8.68. The Hall–Kier alpha value is -3.88. The van der Waals surface area contributed by atoms with Crippen LogP contribution in [0.3, 0.4) is 0 Å². The van der Waals surface area contributed by atoms with Gasteiger partial charge in [-0.2, -0.15) is 0 Å². The van der Waals surface area contributed by atoms with E-state index in [4.69, 9.17) is 13.9 Å². The van der Waals surface area contributed by atoms with Gasteiger partial charge in [0.1, 0.15) is 16.9 Å². The highest BCUT2D eigenvalue weighted by Crippen LogP contribution is 2.43. The summed E-state index contributed by atoms with van der Waals surface area (Å²) >= 11 is 0. The number of nitrogens with one attached hydrogen (secondary N) is 1. The Morgan fingerprint density at radius 1 is 1.07 bits per heavy atom. The molecule has 3 aliphatic rings. The molecule has 0 unspecified atom stereocenters. The number of carbonyl (C=O) groups excluding carboxylic acids is 2. The lowest BCUT2D eigenvalue weighted by molar-refractivity contribution is -0.123.